The molecule has 4 heteroatoms. The van der Waals surface area contributed by atoms with E-state index in [2.05, 4.69) is 11.4 Å². The molecule has 0 aliphatic carbocycles. The van der Waals surface area contributed by atoms with Crippen molar-refractivity contribution in [1.29, 1.82) is 0 Å². The number of oxazole rings is 1. The first-order chi connectivity index (χ1) is 8.25. The lowest BCUT2D eigenvalue weighted by molar-refractivity contribution is 0.528. The Hall–Kier alpha value is -1.81. The number of hydrogen-bond acceptors (Lipinski definition) is 3. The van der Waals surface area contributed by atoms with Crippen molar-refractivity contribution < 1.29 is 4.42 Å². The fraction of sp³-hybridized carbons (Fsp3) is 0.308. The Bertz CT molecular complexity index is 649. The number of fused-ring (bicyclic) bond motifs is 1. The second-order valence-electron chi connectivity index (χ2n) is 4.30. The molecule has 1 aliphatic rings. The van der Waals surface area contributed by atoms with Crippen LogP contribution < -0.4 is 11.1 Å². The van der Waals surface area contributed by atoms with Crippen molar-refractivity contribution in [3.63, 3.8) is 0 Å². The summed E-state index contributed by atoms with van der Waals surface area (Å²) in [5.41, 5.74) is 3.88. The van der Waals surface area contributed by atoms with Gasteiger partial charge in [-0.3, -0.25) is 4.57 Å². The molecular weight excluding hydrogens is 216 g/mol. The van der Waals surface area contributed by atoms with Gasteiger partial charge in [0.15, 0.2) is 5.58 Å². The van der Waals surface area contributed by atoms with Crippen molar-refractivity contribution in [1.82, 2.24) is 9.88 Å². The SMILES string of the molecule is Cn1c(=O)oc2cc(C3=CCCNC3)ccc21. The first-order valence-corrected chi connectivity index (χ1v) is 5.75. The summed E-state index contributed by atoms with van der Waals surface area (Å²) in [5.74, 6) is -0.312. The third-order valence-corrected chi connectivity index (χ3v) is 3.19. The highest BCUT2D eigenvalue weighted by Crippen LogP contribution is 2.21. The molecule has 1 N–H and O–H groups in total. The van der Waals surface area contributed by atoms with Gasteiger partial charge in [-0.2, -0.15) is 0 Å². The summed E-state index contributed by atoms with van der Waals surface area (Å²) < 4.78 is 6.71. The summed E-state index contributed by atoms with van der Waals surface area (Å²) in [6.45, 7) is 1.91. The van der Waals surface area contributed by atoms with Crippen LogP contribution in [0.25, 0.3) is 16.7 Å². The van der Waals surface area contributed by atoms with Crippen molar-refractivity contribution >= 4 is 16.7 Å². The predicted octanol–water partition coefficient (Wildman–Crippen LogP) is 1.51. The van der Waals surface area contributed by atoms with Crippen LogP contribution in [0.5, 0.6) is 0 Å². The molecule has 2 aromatic rings. The van der Waals surface area contributed by atoms with Crippen LogP contribution in [0.2, 0.25) is 0 Å². The van der Waals surface area contributed by atoms with Gasteiger partial charge >= 0.3 is 5.76 Å². The van der Waals surface area contributed by atoms with E-state index in [1.165, 1.54) is 10.1 Å². The van der Waals surface area contributed by atoms with Gasteiger partial charge in [-0.1, -0.05) is 12.1 Å². The molecule has 0 fully saturated rings. The van der Waals surface area contributed by atoms with E-state index < -0.39 is 0 Å². The van der Waals surface area contributed by atoms with E-state index >= 15 is 0 Å². The molecule has 88 valence electrons. The van der Waals surface area contributed by atoms with Gasteiger partial charge in [-0.05, 0) is 36.2 Å². The van der Waals surface area contributed by atoms with Gasteiger partial charge in [-0.25, -0.2) is 4.79 Å². The van der Waals surface area contributed by atoms with Crippen LogP contribution in [0, 0.1) is 0 Å². The number of nitrogens with one attached hydrogen (secondary N) is 1. The molecule has 0 amide bonds. The zero-order valence-electron chi connectivity index (χ0n) is 9.69. The zero-order chi connectivity index (χ0) is 11.8. The minimum Gasteiger partial charge on any atom is -0.408 e. The van der Waals surface area contributed by atoms with Gasteiger partial charge in [0.05, 0.1) is 5.52 Å². The summed E-state index contributed by atoms with van der Waals surface area (Å²) in [7, 11) is 1.72. The lowest BCUT2D eigenvalue weighted by Crippen LogP contribution is -2.21. The first-order valence-electron chi connectivity index (χ1n) is 5.75. The van der Waals surface area contributed by atoms with E-state index in [4.69, 9.17) is 4.42 Å². The van der Waals surface area contributed by atoms with Gasteiger partial charge in [0, 0.05) is 13.6 Å². The average molecular weight is 230 g/mol. The molecule has 2 heterocycles. The first kappa shape index (κ1) is 10.4. The van der Waals surface area contributed by atoms with Crippen LogP contribution in [0.3, 0.4) is 0 Å². The topological polar surface area (TPSA) is 47.2 Å². The summed E-state index contributed by atoms with van der Waals surface area (Å²) in [4.78, 5) is 11.4. The molecule has 1 aromatic carbocycles. The van der Waals surface area contributed by atoms with E-state index in [-0.39, 0.29) is 5.76 Å². The fourth-order valence-corrected chi connectivity index (χ4v) is 2.20. The van der Waals surface area contributed by atoms with Crippen molar-refractivity contribution in [3.05, 3.63) is 40.4 Å². The lowest BCUT2D eigenvalue weighted by Gasteiger charge is -2.14. The quantitative estimate of drug-likeness (QED) is 0.807. The average Bonchev–Trinajstić information content (AvgIpc) is 2.66. The van der Waals surface area contributed by atoms with Gasteiger partial charge < -0.3 is 9.73 Å². The molecule has 1 aliphatic heterocycles. The number of aromatic nitrogens is 1. The molecule has 0 atom stereocenters. The number of benzene rings is 1. The van der Waals surface area contributed by atoms with E-state index in [1.54, 1.807) is 7.05 Å². The fourth-order valence-electron chi connectivity index (χ4n) is 2.20. The zero-order valence-corrected chi connectivity index (χ0v) is 9.69. The van der Waals surface area contributed by atoms with E-state index in [9.17, 15) is 4.79 Å². The van der Waals surface area contributed by atoms with Crippen molar-refractivity contribution in [2.45, 2.75) is 6.42 Å². The molecule has 17 heavy (non-hydrogen) atoms. The Kier molecular flexibility index (Phi) is 2.37. The maximum atomic E-state index is 11.4. The molecule has 0 spiro atoms. The highest BCUT2D eigenvalue weighted by Gasteiger charge is 2.10. The minimum atomic E-state index is -0.312. The largest absolute Gasteiger partial charge is 0.419 e. The summed E-state index contributed by atoms with van der Waals surface area (Å²) in [6, 6.07) is 5.91. The van der Waals surface area contributed by atoms with Crippen molar-refractivity contribution in [2.75, 3.05) is 13.1 Å². The van der Waals surface area contributed by atoms with E-state index in [0.717, 1.165) is 30.6 Å². The Morgan fingerprint density at radius 1 is 1.41 bits per heavy atom. The van der Waals surface area contributed by atoms with E-state index in [0.29, 0.717) is 5.58 Å². The van der Waals surface area contributed by atoms with Crippen molar-refractivity contribution in [3.8, 4) is 0 Å². The lowest BCUT2D eigenvalue weighted by atomic mass is 10.0. The molecule has 0 unspecified atom stereocenters. The molecule has 1 aromatic heterocycles. The molecule has 0 saturated heterocycles. The van der Waals surface area contributed by atoms with Crippen molar-refractivity contribution in [2.24, 2.45) is 7.05 Å². The second kappa shape index (κ2) is 3.89. The number of nitrogens with zero attached hydrogens (tertiary/aromatic N) is 1. The maximum Gasteiger partial charge on any atom is 0.419 e. The van der Waals surface area contributed by atoms with Gasteiger partial charge in [0.1, 0.15) is 0 Å². The number of hydrogen-bond donors (Lipinski definition) is 1. The summed E-state index contributed by atoms with van der Waals surface area (Å²) in [5, 5.41) is 3.33. The Labute approximate surface area is 98.5 Å². The minimum absolute atomic E-state index is 0.312. The van der Waals surface area contributed by atoms with E-state index in [1.807, 2.05) is 18.2 Å². The third kappa shape index (κ3) is 1.70. The van der Waals surface area contributed by atoms with Gasteiger partial charge in [0.2, 0.25) is 0 Å². The maximum absolute atomic E-state index is 11.4. The van der Waals surface area contributed by atoms with Crippen LogP contribution in [-0.4, -0.2) is 17.7 Å². The Balaban J connectivity index is 2.13. The molecule has 0 radical (unpaired) electrons. The highest BCUT2D eigenvalue weighted by atomic mass is 16.4. The molecule has 4 nitrogen and oxygen atoms in total. The smallest absolute Gasteiger partial charge is 0.408 e. The van der Waals surface area contributed by atoms with Crippen LogP contribution in [0.15, 0.2) is 33.5 Å². The third-order valence-electron chi connectivity index (χ3n) is 3.19. The predicted molar refractivity (Wildman–Crippen MR) is 66.9 cm³/mol. The molecule has 0 bridgehead atoms. The monoisotopic (exact) mass is 230 g/mol. The molecule has 0 saturated carbocycles. The summed E-state index contributed by atoms with van der Waals surface area (Å²) >= 11 is 0. The number of rotatable bonds is 1. The number of aryl methyl sites for hydroxylation is 1. The summed E-state index contributed by atoms with van der Waals surface area (Å²) in [6.07, 6.45) is 3.28. The normalized spacial score (nSPS) is 16.2. The van der Waals surface area contributed by atoms with Crippen LogP contribution in [-0.2, 0) is 7.05 Å². The Morgan fingerprint density at radius 2 is 2.29 bits per heavy atom. The highest BCUT2D eigenvalue weighted by molar-refractivity contribution is 5.80. The standard InChI is InChI=1S/C13H14N2O2/c1-15-11-5-4-9(7-12(11)17-13(15)16)10-3-2-6-14-8-10/h3-5,7,14H,2,6,8H2,1H3. The van der Waals surface area contributed by atoms with Gasteiger partial charge in [0.25, 0.3) is 0 Å². The van der Waals surface area contributed by atoms with Crippen LogP contribution in [0.1, 0.15) is 12.0 Å². The molecule has 3 rings (SSSR count). The Morgan fingerprint density at radius 3 is 3.06 bits per heavy atom. The molecular formula is C13H14N2O2. The van der Waals surface area contributed by atoms with Crippen LogP contribution in [0.4, 0.5) is 0 Å². The van der Waals surface area contributed by atoms with Crippen LogP contribution >= 0.6 is 0 Å². The second-order valence-corrected chi connectivity index (χ2v) is 4.30. The van der Waals surface area contributed by atoms with Gasteiger partial charge in [-0.15, -0.1) is 0 Å².